The van der Waals surface area contributed by atoms with Gasteiger partial charge in [0.1, 0.15) is 0 Å². The van der Waals surface area contributed by atoms with Gasteiger partial charge in [0, 0.05) is 25.9 Å². The first-order chi connectivity index (χ1) is 8.39. The number of rotatable bonds is 10. The Morgan fingerprint density at radius 1 is 0.722 bits per heavy atom. The van der Waals surface area contributed by atoms with Crippen molar-refractivity contribution in [3.05, 3.63) is 0 Å². The Morgan fingerprint density at radius 2 is 1.06 bits per heavy atom. The first kappa shape index (κ1) is 18.1. The fourth-order valence-electron chi connectivity index (χ4n) is 1.70. The van der Waals surface area contributed by atoms with Crippen molar-refractivity contribution < 1.29 is 13.3 Å². The lowest BCUT2D eigenvalue weighted by Crippen LogP contribution is -2.49. The van der Waals surface area contributed by atoms with Crippen LogP contribution in [0.15, 0.2) is 0 Å². The molecule has 18 heavy (non-hydrogen) atoms. The summed E-state index contributed by atoms with van der Waals surface area (Å²) in [4.78, 5) is 0. The van der Waals surface area contributed by atoms with Crippen LogP contribution in [0, 0.1) is 5.41 Å². The zero-order valence-corrected chi connectivity index (χ0v) is 14.2. The van der Waals surface area contributed by atoms with Gasteiger partial charge in [-0.05, 0) is 24.7 Å². The third kappa shape index (κ3) is 8.24. The molecule has 0 saturated carbocycles. The molecule has 3 nitrogen and oxygen atoms in total. The maximum Gasteiger partial charge on any atom is 0.501 e. The molecule has 0 atom stereocenters. The lowest BCUT2D eigenvalue weighted by molar-refractivity contribution is 0.0515. The van der Waals surface area contributed by atoms with Crippen molar-refractivity contribution in [1.29, 1.82) is 0 Å². The Balaban J connectivity index is 4.73. The molecule has 0 radical (unpaired) electrons. The van der Waals surface area contributed by atoms with Gasteiger partial charge in [-0.1, -0.05) is 41.5 Å². The maximum atomic E-state index is 6.05. The molecule has 0 heterocycles. The molecule has 0 amide bonds. The smallest absolute Gasteiger partial charge is 0.373 e. The van der Waals surface area contributed by atoms with E-state index in [4.69, 9.17) is 13.3 Å². The van der Waals surface area contributed by atoms with E-state index in [-0.39, 0.29) is 5.41 Å². The molecule has 0 saturated heterocycles. The van der Waals surface area contributed by atoms with Crippen LogP contribution in [0.4, 0.5) is 0 Å². The van der Waals surface area contributed by atoms with Gasteiger partial charge in [0.25, 0.3) is 0 Å². The first-order valence-electron chi connectivity index (χ1n) is 7.31. The van der Waals surface area contributed by atoms with Crippen molar-refractivity contribution in [2.75, 3.05) is 19.8 Å². The minimum absolute atomic E-state index is 0.168. The van der Waals surface area contributed by atoms with Crippen molar-refractivity contribution >= 4 is 8.80 Å². The molecule has 0 unspecified atom stereocenters. The Kier molecular flexibility index (Phi) is 9.12. The molecule has 0 fully saturated rings. The van der Waals surface area contributed by atoms with Gasteiger partial charge in [0.05, 0.1) is 0 Å². The van der Waals surface area contributed by atoms with E-state index in [1.54, 1.807) is 0 Å². The van der Waals surface area contributed by atoms with Crippen LogP contribution in [0.2, 0.25) is 6.04 Å². The molecule has 110 valence electrons. The molecule has 4 heteroatoms. The van der Waals surface area contributed by atoms with Crippen molar-refractivity contribution in [1.82, 2.24) is 0 Å². The summed E-state index contributed by atoms with van der Waals surface area (Å²) in [6, 6.07) is 0.889. The van der Waals surface area contributed by atoms with Crippen LogP contribution in [0.5, 0.6) is 0 Å². The van der Waals surface area contributed by atoms with E-state index < -0.39 is 8.80 Å². The van der Waals surface area contributed by atoms with Crippen LogP contribution >= 0.6 is 0 Å². The fourth-order valence-corrected chi connectivity index (χ4v) is 5.10. The molecule has 0 aromatic carbocycles. The average Bonchev–Trinajstić information content (AvgIpc) is 2.29. The molecule has 0 N–H and O–H groups in total. The normalized spacial score (nSPS) is 13.0. The minimum atomic E-state index is -2.49. The van der Waals surface area contributed by atoms with Crippen molar-refractivity contribution in [2.45, 2.75) is 66.8 Å². The monoisotopic (exact) mass is 276 g/mol. The summed E-state index contributed by atoms with van der Waals surface area (Å²) in [5, 5.41) is 0. The predicted octanol–water partition coefficient (Wildman–Crippen LogP) is 4.25. The van der Waals surface area contributed by atoms with E-state index in [9.17, 15) is 0 Å². The molecule has 0 bridgehead atoms. The standard InChI is InChI=1S/C14H32O3Si/c1-7-10-15-18(16-11-8-2,17-12-9-3)13-14(4,5)6/h7-13H2,1-6H3. The van der Waals surface area contributed by atoms with Gasteiger partial charge in [-0.15, -0.1) is 0 Å². The molecule has 0 aliphatic rings. The molecule has 0 aliphatic heterocycles. The fraction of sp³-hybridized carbons (Fsp3) is 1.00. The Morgan fingerprint density at radius 3 is 1.28 bits per heavy atom. The van der Waals surface area contributed by atoms with E-state index >= 15 is 0 Å². The van der Waals surface area contributed by atoms with Crippen LogP contribution in [-0.4, -0.2) is 28.6 Å². The van der Waals surface area contributed by atoms with Crippen molar-refractivity contribution in [2.24, 2.45) is 5.41 Å². The highest BCUT2D eigenvalue weighted by atomic mass is 28.4. The van der Waals surface area contributed by atoms with Crippen LogP contribution < -0.4 is 0 Å². The van der Waals surface area contributed by atoms with Gasteiger partial charge in [-0.25, -0.2) is 0 Å². The molecule has 0 aliphatic carbocycles. The van der Waals surface area contributed by atoms with Crippen LogP contribution in [-0.2, 0) is 13.3 Å². The second-order valence-electron chi connectivity index (χ2n) is 5.97. The Labute approximate surface area is 115 Å². The topological polar surface area (TPSA) is 27.7 Å². The quantitative estimate of drug-likeness (QED) is 0.558. The zero-order chi connectivity index (χ0) is 14.1. The zero-order valence-electron chi connectivity index (χ0n) is 13.2. The molecule has 0 aromatic rings. The van der Waals surface area contributed by atoms with E-state index in [1.807, 2.05) is 0 Å². The van der Waals surface area contributed by atoms with E-state index in [0.717, 1.165) is 45.1 Å². The Hall–Kier alpha value is 0.0969. The van der Waals surface area contributed by atoms with E-state index in [0.29, 0.717) is 0 Å². The first-order valence-corrected chi connectivity index (χ1v) is 9.24. The van der Waals surface area contributed by atoms with Crippen LogP contribution in [0.3, 0.4) is 0 Å². The molecular weight excluding hydrogens is 244 g/mol. The summed E-state index contributed by atoms with van der Waals surface area (Å²) >= 11 is 0. The third-order valence-electron chi connectivity index (χ3n) is 2.33. The number of hydrogen-bond donors (Lipinski definition) is 0. The summed E-state index contributed by atoms with van der Waals surface area (Å²) in [6.07, 6.45) is 3.01. The van der Waals surface area contributed by atoms with Gasteiger partial charge in [-0.2, -0.15) is 0 Å². The van der Waals surface area contributed by atoms with Gasteiger partial charge in [-0.3, -0.25) is 0 Å². The van der Waals surface area contributed by atoms with Crippen molar-refractivity contribution in [3.63, 3.8) is 0 Å². The summed E-state index contributed by atoms with van der Waals surface area (Å²) in [5.41, 5.74) is 0.168. The summed E-state index contributed by atoms with van der Waals surface area (Å²) in [5.74, 6) is 0. The van der Waals surface area contributed by atoms with E-state index in [1.165, 1.54) is 0 Å². The summed E-state index contributed by atoms with van der Waals surface area (Å²) < 4.78 is 18.2. The van der Waals surface area contributed by atoms with Gasteiger partial charge in [0.15, 0.2) is 0 Å². The highest BCUT2D eigenvalue weighted by Gasteiger charge is 2.44. The molecule has 0 aromatic heterocycles. The summed E-state index contributed by atoms with van der Waals surface area (Å²) in [6.45, 7) is 15.2. The molecule has 0 rings (SSSR count). The lowest BCUT2D eigenvalue weighted by atomic mass is 10.0. The van der Waals surface area contributed by atoms with Crippen molar-refractivity contribution in [3.8, 4) is 0 Å². The summed E-state index contributed by atoms with van der Waals surface area (Å²) in [7, 11) is -2.49. The second kappa shape index (κ2) is 9.07. The van der Waals surface area contributed by atoms with Gasteiger partial charge < -0.3 is 13.3 Å². The average molecular weight is 276 g/mol. The van der Waals surface area contributed by atoms with Gasteiger partial charge in [0.2, 0.25) is 0 Å². The van der Waals surface area contributed by atoms with Crippen LogP contribution in [0.25, 0.3) is 0 Å². The SMILES string of the molecule is CCCO[Si](CC(C)(C)C)(OCCC)OCCC. The lowest BCUT2D eigenvalue weighted by Gasteiger charge is -2.34. The van der Waals surface area contributed by atoms with Crippen LogP contribution in [0.1, 0.15) is 60.8 Å². The molecular formula is C14H32O3Si. The number of hydrogen-bond acceptors (Lipinski definition) is 3. The van der Waals surface area contributed by atoms with E-state index in [2.05, 4.69) is 41.5 Å². The highest BCUT2D eigenvalue weighted by Crippen LogP contribution is 2.30. The highest BCUT2D eigenvalue weighted by molar-refractivity contribution is 6.60. The maximum absolute atomic E-state index is 6.05. The second-order valence-corrected chi connectivity index (χ2v) is 8.55. The predicted molar refractivity (Wildman–Crippen MR) is 78.7 cm³/mol. The third-order valence-corrected chi connectivity index (χ3v) is 5.75. The largest absolute Gasteiger partial charge is 0.501 e. The molecule has 0 spiro atoms. The Bertz CT molecular complexity index is 180. The minimum Gasteiger partial charge on any atom is -0.373 e. The van der Waals surface area contributed by atoms with Gasteiger partial charge >= 0.3 is 8.80 Å².